The summed E-state index contributed by atoms with van der Waals surface area (Å²) in [6, 6.07) is 8.46. The van der Waals surface area contributed by atoms with Crippen molar-refractivity contribution in [2.24, 2.45) is 0 Å². The minimum atomic E-state index is -0.986. The molecule has 1 atom stereocenters. The first-order chi connectivity index (χ1) is 13.4. The summed E-state index contributed by atoms with van der Waals surface area (Å²) in [5.41, 5.74) is 0.957. The van der Waals surface area contributed by atoms with Gasteiger partial charge in [0.05, 0.1) is 11.8 Å². The molecule has 1 aromatic heterocycles. The van der Waals surface area contributed by atoms with Crippen molar-refractivity contribution in [3.05, 3.63) is 42.1 Å². The third-order valence-electron chi connectivity index (χ3n) is 4.53. The van der Waals surface area contributed by atoms with Crippen molar-refractivity contribution in [1.29, 1.82) is 0 Å². The van der Waals surface area contributed by atoms with Gasteiger partial charge in [0.1, 0.15) is 5.82 Å². The highest BCUT2D eigenvalue weighted by Gasteiger charge is 2.24. The predicted octanol–water partition coefficient (Wildman–Crippen LogP) is 2.77. The molecule has 8 nitrogen and oxygen atoms in total. The highest BCUT2D eigenvalue weighted by atomic mass is 16.5. The van der Waals surface area contributed by atoms with Crippen molar-refractivity contribution in [2.45, 2.75) is 45.8 Å². The fraction of sp³-hybridized carbons (Fsp3) is 0.400. The molecule has 2 amide bonds. The Labute approximate surface area is 163 Å². The number of aromatic nitrogens is 2. The average Bonchev–Trinajstić information content (AvgIpc) is 3.30. The van der Waals surface area contributed by atoms with Crippen molar-refractivity contribution in [2.75, 3.05) is 16.8 Å². The van der Waals surface area contributed by atoms with E-state index in [1.807, 2.05) is 13.8 Å². The summed E-state index contributed by atoms with van der Waals surface area (Å²) in [5.74, 6) is -0.479. The minimum Gasteiger partial charge on any atom is -0.449 e. The number of nitrogens with one attached hydrogen (secondary N) is 1. The van der Waals surface area contributed by atoms with E-state index in [-0.39, 0.29) is 11.9 Å². The molecule has 28 heavy (non-hydrogen) atoms. The Bertz CT molecular complexity index is 890. The normalized spacial score (nSPS) is 15.0. The molecule has 0 saturated carbocycles. The first kappa shape index (κ1) is 19.6. The lowest BCUT2D eigenvalue weighted by Crippen LogP contribution is -2.31. The van der Waals surface area contributed by atoms with Crippen molar-refractivity contribution >= 4 is 29.3 Å². The van der Waals surface area contributed by atoms with Gasteiger partial charge in [0, 0.05) is 30.8 Å². The Morgan fingerprint density at radius 2 is 2.00 bits per heavy atom. The molecule has 2 aromatic rings. The predicted molar refractivity (Wildman–Crippen MR) is 104 cm³/mol. The zero-order valence-electron chi connectivity index (χ0n) is 16.2. The first-order valence-corrected chi connectivity index (χ1v) is 9.32. The van der Waals surface area contributed by atoms with E-state index < -0.39 is 18.0 Å². The standard InChI is InChI=1S/C20H24N4O4/c1-13(2)24-17(9-10-21-24)22-19(26)14(3)28-20(27)15-6-4-7-16(12-15)23-11-5-8-18(23)25/h4,6-7,9-10,12-14H,5,8,11H2,1-3H3,(H,22,26)/t14-/m0/s1. The molecule has 8 heteroatoms. The number of amides is 2. The smallest absolute Gasteiger partial charge is 0.338 e. The summed E-state index contributed by atoms with van der Waals surface area (Å²) in [6.45, 7) is 6.05. The van der Waals surface area contributed by atoms with Crippen LogP contribution in [0.1, 0.15) is 50.0 Å². The Kier molecular flexibility index (Phi) is 5.77. The summed E-state index contributed by atoms with van der Waals surface area (Å²) in [5, 5.41) is 6.87. The molecule has 2 heterocycles. The van der Waals surface area contributed by atoms with Crippen LogP contribution in [0.5, 0.6) is 0 Å². The largest absolute Gasteiger partial charge is 0.449 e. The number of nitrogens with zero attached hydrogens (tertiary/aromatic N) is 3. The molecule has 1 fully saturated rings. The van der Waals surface area contributed by atoms with E-state index in [9.17, 15) is 14.4 Å². The van der Waals surface area contributed by atoms with E-state index in [0.29, 0.717) is 30.0 Å². The molecule has 1 aliphatic heterocycles. The van der Waals surface area contributed by atoms with Gasteiger partial charge < -0.3 is 15.0 Å². The second-order valence-corrected chi connectivity index (χ2v) is 6.99. The minimum absolute atomic E-state index is 0.0417. The number of hydrogen-bond acceptors (Lipinski definition) is 5. The Balaban J connectivity index is 1.64. The van der Waals surface area contributed by atoms with E-state index in [2.05, 4.69) is 10.4 Å². The lowest BCUT2D eigenvalue weighted by molar-refractivity contribution is -0.123. The van der Waals surface area contributed by atoms with Crippen LogP contribution in [-0.4, -0.2) is 40.2 Å². The maximum atomic E-state index is 12.5. The van der Waals surface area contributed by atoms with Gasteiger partial charge in [-0.3, -0.25) is 9.59 Å². The highest BCUT2D eigenvalue weighted by Crippen LogP contribution is 2.23. The summed E-state index contributed by atoms with van der Waals surface area (Å²) in [6.07, 6.45) is 1.92. The molecule has 0 unspecified atom stereocenters. The van der Waals surface area contributed by atoms with Crippen LogP contribution < -0.4 is 10.2 Å². The lowest BCUT2D eigenvalue weighted by atomic mass is 10.2. The molecule has 0 aliphatic carbocycles. The quantitative estimate of drug-likeness (QED) is 0.773. The van der Waals surface area contributed by atoms with E-state index >= 15 is 0 Å². The van der Waals surface area contributed by atoms with Gasteiger partial charge in [-0.2, -0.15) is 5.10 Å². The molecular weight excluding hydrogens is 360 g/mol. The number of ether oxygens (including phenoxy) is 1. The van der Waals surface area contributed by atoms with Crippen LogP contribution in [0.15, 0.2) is 36.5 Å². The van der Waals surface area contributed by atoms with E-state index in [0.717, 1.165) is 6.42 Å². The van der Waals surface area contributed by atoms with Crippen LogP contribution >= 0.6 is 0 Å². The molecule has 1 N–H and O–H groups in total. The van der Waals surface area contributed by atoms with Gasteiger partial charge in [-0.05, 0) is 45.4 Å². The fourth-order valence-electron chi connectivity index (χ4n) is 3.06. The molecule has 1 aliphatic rings. The zero-order chi connectivity index (χ0) is 20.3. The van der Waals surface area contributed by atoms with Gasteiger partial charge in [-0.1, -0.05) is 6.07 Å². The van der Waals surface area contributed by atoms with Gasteiger partial charge in [0.25, 0.3) is 5.91 Å². The second kappa shape index (κ2) is 8.24. The number of anilines is 2. The van der Waals surface area contributed by atoms with E-state index in [1.54, 1.807) is 46.1 Å². The lowest BCUT2D eigenvalue weighted by Gasteiger charge is -2.18. The zero-order valence-corrected chi connectivity index (χ0v) is 16.2. The van der Waals surface area contributed by atoms with Crippen LogP contribution in [0.25, 0.3) is 0 Å². The van der Waals surface area contributed by atoms with E-state index in [1.165, 1.54) is 6.92 Å². The van der Waals surface area contributed by atoms with Gasteiger partial charge in [-0.25, -0.2) is 9.48 Å². The fourth-order valence-corrected chi connectivity index (χ4v) is 3.06. The SMILES string of the molecule is CC(C)n1nccc1NC(=O)[C@H](C)OC(=O)c1cccc(N2CCCC2=O)c1. The Morgan fingerprint density at radius 1 is 1.21 bits per heavy atom. The monoisotopic (exact) mass is 384 g/mol. The van der Waals surface area contributed by atoms with Crippen molar-refractivity contribution < 1.29 is 19.1 Å². The summed E-state index contributed by atoms with van der Waals surface area (Å²) in [7, 11) is 0. The van der Waals surface area contributed by atoms with Gasteiger partial charge in [0.2, 0.25) is 5.91 Å². The molecule has 3 rings (SSSR count). The van der Waals surface area contributed by atoms with Crippen molar-refractivity contribution in [3.63, 3.8) is 0 Å². The van der Waals surface area contributed by atoms with Crippen molar-refractivity contribution in [3.8, 4) is 0 Å². The van der Waals surface area contributed by atoms with Crippen LogP contribution in [0, 0.1) is 0 Å². The molecule has 1 aromatic carbocycles. The molecule has 0 radical (unpaired) electrons. The van der Waals surface area contributed by atoms with Crippen molar-refractivity contribution in [1.82, 2.24) is 9.78 Å². The molecule has 148 valence electrons. The van der Waals surface area contributed by atoms with Crippen LogP contribution in [-0.2, 0) is 14.3 Å². The Morgan fingerprint density at radius 3 is 2.68 bits per heavy atom. The number of carbonyl (C=O) groups excluding carboxylic acids is 3. The Hall–Kier alpha value is -3.16. The van der Waals surface area contributed by atoms with Gasteiger partial charge >= 0.3 is 5.97 Å². The maximum Gasteiger partial charge on any atom is 0.338 e. The number of esters is 1. The summed E-state index contributed by atoms with van der Waals surface area (Å²) in [4.78, 5) is 38.4. The number of hydrogen-bond donors (Lipinski definition) is 1. The molecular formula is C20H24N4O4. The maximum absolute atomic E-state index is 12.5. The average molecular weight is 384 g/mol. The van der Waals surface area contributed by atoms with Crippen LogP contribution in [0.4, 0.5) is 11.5 Å². The molecule has 1 saturated heterocycles. The molecule has 0 bridgehead atoms. The summed E-state index contributed by atoms with van der Waals surface area (Å²) >= 11 is 0. The number of rotatable bonds is 6. The summed E-state index contributed by atoms with van der Waals surface area (Å²) < 4.78 is 6.98. The second-order valence-electron chi connectivity index (χ2n) is 6.99. The highest BCUT2D eigenvalue weighted by molar-refractivity contribution is 5.99. The van der Waals surface area contributed by atoms with Crippen LogP contribution in [0.2, 0.25) is 0 Å². The first-order valence-electron chi connectivity index (χ1n) is 9.32. The third kappa shape index (κ3) is 4.21. The number of carbonyl (C=O) groups is 3. The topological polar surface area (TPSA) is 93.5 Å². The molecule has 0 spiro atoms. The van der Waals surface area contributed by atoms with Crippen LogP contribution in [0.3, 0.4) is 0 Å². The van der Waals surface area contributed by atoms with Gasteiger partial charge in [0.15, 0.2) is 6.10 Å². The number of benzene rings is 1. The third-order valence-corrected chi connectivity index (χ3v) is 4.53. The van der Waals surface area contributed by atoms with Gasteiger partial charge in [-0.15, -0.1) is 0 Å². The van der Waals surface area contributed by atoms with E-state index in [4.69, 9.17) is 4.74 Å².